The van der Waals surface area contributed by atoms with Gasteiger partial charge in [0.1, 0.15) is 0 Å². The predicted octanol–water partition coefficient (Wildman–Crippen LogP) is 3.62. The Labute approximate surface area is 99.7 Å². The van der Waals surface area contributed by atoms with E-state index in [1.807, 2.05) is 18.2 Å². The molecule has 0 unspecified atom stereocenters. The van der Waals surface area contributed by atoms with Crippen molar-refractivity contribution < 1.29 is 9.47 Å². The Bertz CT molecular complexity index is 310. The Hall–Kier alpha value is -0.700. The van der Waals surface area contributed by atoms with E-state index in [0.717, 1.165) is 16.8 Å². The Balaban J connectivity index is 2.81. The topological polar surface area (TPSA) is 18.5 Å². The Morgan fingerprint density at radius 2 is 2.00 bits per heavy atom. The Kier molecular flexibility index (Phi) is 4.95. The molecule has 84 valence electrons. The molecule has 0 heterocycles. The van der Waals surface area contributed by atoms with Gasteiger partial charge >= 0.3 is 0 Å². The van der Waals surface area contributed by atoms with E-state index in [4.69, 9.17) is 9.47 Å². The van der Waals surface area contributed by atoms with Crippen LogP contribution in [-0.2, 0) is 5.33 Å². The quantitative estimate of drug-likeness (QED) is 0.763. The van der Waals surface area contributed by atoms with Crippen LogP contribution in [0.1, 0.15) is 19.4 Å². The van der Waals surface area contributed by atoms with Gasteiger partial charge in [0.05, 0.1) is 13.7 Å². The van der Waals surface area contributed by atoms with Gasteiger partial charge < -0.3 is 9.47 Å². The molecule has 2 nitrogen and oxygen atoms in total. The van der Waals surface area contributed by atoms with Crippen molar-refractivity contribution in [3.05, 3.63) is 23.8 Å². The highest BCUT2D eigenvalue weighted by atomic mass is 79.9. The van der Waals surface area contributed by atoms with Gasteiger partial charge in [0, 0.05) is 5.33 Å². The highest BCUT2D eigenvalue weighted by molar-refractivity contribution is 9.08. The predicted molar refractivity (Wildman–Crippen MR) is 66.0 cm³/mol. The number of rotatable bonds is 5. The van der Waals surface area contributed by atoms with Crippen LogP contribution in [0.4, 0.5) is 0 Å². The summed E-state index contributed by atoms with van der Waals surface area (Å²) in [7, 11) is 1.66. The molecule has 0 aliphatic rings. The largest absolute Gasteiger partial charge is 0.493 e. The van der Waals surface area contributed by atoms with Gasteiger partial charge in [-0.15, -0.1) is 0 Å². The molecule has 0 aliphatic heterocycles. The van der Waals surface area contributed by atoms with Crippen LogP contribution in [-0.4, -0.2) is 13.7 Å². The van der Waals surface area contributed by atoms with Crippen LogP contribution in [0.2, 0.25) is 0 Å². The molecule has 0 saturated carbocycles. The smallest absolute Gasteiger partial charge is 0.161 e. The van der Waals surface area contributed by atoms with Crippen molar-refractivity contribution >= 4 is 15.9 Å². The van der Waals surface area contributed by atoms with Crippen molar-refractivity contribution in [3.63, 3.8) is 0 Å². The molecule has 0 aliphatic carbocycles. The van der Waals surface area contributed by atoms with E-state index in [0.29, 0.717) is 12.5 Å². The maximum absolute atomic E-state index is 5.69. The van der Waals surface area contributed by atoms with E-state index in [2.05, 4.69) is 29.8 Å². The summed E-state index contributed by atoms with van der Waals surface area (Å²) in [6.07, 6.45) is 0. The van der Waals surface area contributed by atoms with Crippen molar-refractivity contribution in [1.82, 2.24) is 0 Å². The van der Waals surface area contributed by atoms with Gasteiger partial charge in [-0.3, -0.25) is 0 Å². The number of methoxy groups -OCH3 is 1. The number of hydrogen-bond donors (Lipinski definition) is 0. The van der Waals surface area contributed by atoms with Crippen molar-refractivity contribution in [2.45, 2.75) is 19.2 Å². The standard InChI is InChI=1S/C12H17BrO2/c1-9(2)8-15-12-6-10(7-13)4-5-11(12)14-3/h4-6,9H,7-8H2,1-3H3. The minimum Gasteiger partial charge on any atom is -0.493 e. The third-order valence-corrected chi connectivity index (χ3v) is 2.60. The van der Waals surface area contributed by atoms with Crippen LogP contribution in [0.5, 0.6) is 11.5 Å². The summed E-state index contributed by atoms with van der Waals surface area (Å²) in [5.41, 5.74) is 1.19. The second kappa shape index (κ2) is 6.01. The molecule has 1 aromatic rings. The highest BCUT2D eigenvalue weighted by Gasteiger charge is 2.06. The van der Waals surface area contributed by atoms with Crippen LogP contribution in [0, 0.1) is 5.92 Å². The summed E-state index contributed by atoms with van der Waals surface area (Å²) in [4.78, 5) is 0. The Morgan fingerprint density at radius 1 is 1.27 bits per heavy atom. The molecule has 3 heteroatoms. The van der Waals surface area contributed by atoms with Gasteiger partial charge in [0.25, 0.3) is 0 Å². The fraction of sp³-hybridized carbons (Fsp3) is 0.500. The van der Waals surface area contributed by atoms with Gasteiger partial charge in [-0.2, -0.15) is 0 Å². The average molecular weight is 273 g/mol. The van der Waals surface area contributed by atoms with Crippen LogP contribution in [0.15, 0.2) is 18.2 Å². The number of benzene rings is 1. The van der Waals surface area contributed by atoms with Crippen LogP contribution in [0.3, 0.4) is 0 Å². The van der Waals surface area contributed by atoms with E-state index < -0.39 is 0 Å². The fourth-order valence-electron chi connectivity index (χ4n) is 1.17. The van der Waals surface area contributed by atoms with E-state index in [1.165, 1.54) is 5.56 Å². The molecule has 0 spiro atoms. The summed E-state index contributed by atoms with van der Waals surface area (Å²) in [6, 6.07) is 5.97. The van der Waals surface area contributed by atoms with Gasteiger partial charge in [0.15, 0.2) is 11.5 Å². The van der Waals surface area contributed by atoms with Gasteiger partial charge in [-0.25, -0.2) is 0 Å². The van der Waals surface area contributed by atoms with Crippen molar-refractivity contribution in [3.8, 4) is 11.5 Å². The summed E-state index contributed by atoms with van der Waals surface area (Å²) in [5.74, 6) is 2.13. The first-order valence-electron chi connectivity index (χ1n) is 5.03. The maximum Gasteiger partial charge on any atom is 0.161 e. The van der Waals surface area contributed by atoms with E-state index in [1.54, 1.807) is 7.11 Å². The van der Waals surface area contributed by atoms with Crippen molar-refractivity contribution in [2.24, 2.45) is 5.92 Å². The van der Waals surface area contributed by atoms with E-state index in [9.17, 15) is 0 Å². The minimum atomic E-state index is 0.516. The summed E-state index contributed by atoms with van der Waals surface area (Å²) in [5, 5.41) is 0.828. The second-order valence-electron chi connectivity index (χ2n) is 3.82. The van der Waals surface area contributed by atoms with Crippen LogP contribution < -0.4 is 9.47 Å². The lowest BCUT2D eigenvalue weighted by molar-refractivity contribution is 0.256. The third kappa shape index (κ3) is 3.74. The van der Waals surface area contributed by atoms with Gasteiger partial charge in [-0.05, 0) is 23.6 Å². The molecule has 0 aromatic heterocycles. The number of ether oxygens (including phenoxy) is 2. The molecule has 0 fully saturated rings. The molecular formula is C12H17BrO2. The van der Waals surface area contributed by atoms with E-state index >= 15 is 0 Å². The number of hydrogen-bond acceptors (Lipinski definition) is 2. The summed E-state index contributed by atoms with van der Waals surface area (Å²) < 4.78 is 10.9. The van der Waals surface area contributed by atoms with Crippen molar-refractivity contribution in [2.75, 3.05) is 13.7 Å². The zero-order valence-corrected chi connectivity index (χ0v) is 11.0. The molecule has 1 aromatic carbocycles. The zero-order chi connectivity index (χ0) is 11.3. The molecule has 0 saturated heterocycles. The number of halogens is 1. The van der Waals surface area contributed by atoms with Crippen molar-refractivity contribution in [1.29, 1.82) is 0 Å². The second-order valence-corrected chi connectivity index (χ2v) is 4.38. The molecule has 0 atom stereocenters. The lowest BCUT2D eigenvalue weighted by Gasteiger charge is -2.13. The first kappa shape index (κ1) is 12.4. The molecule has 0 radical (unpaired) electrons. The van der Waals surface area contributed by atoms with Gasteiger partial charge in [0.2, 0.25) is 0 Å². The lowest BCUT2D eigenvalue weighted by atomic mass is 10.2. The molecular weight excluding hydrogens is 256 g/mol. The first-order valence-corrected chi connectivity index (χ1v) is 6.15. The molecule has 0 amide bonds. The van der Waals surface area contributed by atoms with Crippen LogP contribution >= 0.6 is 15.9 Å². The zero-order valence-electron chi connectivity index (χ0n) is 9.42. The van der Waals surface area contributed by atoms with E-state index in [-0.39, 0.29) is 0 Å². The maximum atomic E-state index is 5.69. The molecule has 15 heavy (non-hydrogen) atoms. The third-order valence-electron chi connectivity index (χ3n) is 1.95. The summed E-state index contributed by atoms with van der Waals surface area (Å²) in [6.45, 7) is 4.96. The lowest BCUT2D eigenvalue weighted by Crippen LogP contribution is -2.05. The first-order chi connectivity index (χ1) is 7.17. The monoisotopic (exact) mass is 272 g/mol. The SMILES string of the molecule is COc1ccc(CBr)cc1OCC(C)C. The molecule has 1 rings (SSSR count). The summed E-state index contributed by atoms with van der Waals surface area (Å²) >= 11 is 3.42. The number of alkyl halides is 1. The Morgan fingerprint density at radius 3 is 2.53 bits per heavy atom. The minimum absolute atomic E-state index is 0.516. The highest BCUT2D eigenvalue weighted by Crippen LogP contribution is 2.29. The average Bonchev–Trinajstić information content (AvgIpc) is 2.25. The molecule has 0 bridgehead atoms. The fourth-order valence-corrected chi connectivity index (χ4v) is 1.52. The van der Waals surface area contributed by atoms with Crippen LogP contribution in [0.25, 0.3) is 0 Å². The normalized spacial score (nSPS) is 10.5. The van der Waals surface area contributed by atoms with Gasteiger partial charge in [-0.1, -0.05) is 35.8 Å². The molecule has 0 N–H and O–H groups in total.